The number of esters is 2. The van der Waals surface area contributed by atoms with Crippen LogP contribution in [0.2, 0.25) is 0 Å². The molecule has 0 heterocycles. The van der Waals surface area contributed by atoms with E-state index in [1.54, 1.807) is 21.1 Å². The molecule has 0 aliphatic carbocycles. The third-order valence-electron chi connectivity index (χ3n) is 7.95. The minimum Gasteiger partial charge on any atom is -0.544 e. The third kappa shape index (κ3) is 29.4. The Morgan fingerprint density at radius 2 is 1.17 bits per heavy atom. The van der Waals surface area contributed by atoms with Crippen molar-refractivity contribution in [1.82, 2.24) is 0 Å². The number of nitrogens with zero attached hydrogens (tertiary/aromatic N) is 1. The minimum absolute atomic E-state index is 0.0273. The van der Waals surface area contributed by atoms with E-state index >= 15 is 0 Å². The Bertz CT molecular complexity index is 932. The van der Waals surface area contributed by atoms with Crippen molar-refractivity contribution >= 4 is 17.9 Å². The molecular weight excluding hydrogens is 606 g/mol. The third-order valence-corrected chi connectivity index (χ3v) is 7.95. The quantitative estimate of drug-likeness (QED) is 0.0309. The molecule has 0 radical (unpaired) electrons. The average Bonchev–Trinajstić information content (AvgIpc) is 3.03. The first-order valence-corrected chi connectivity index (χ1v) is 18.7. The van der Waals surface area contributed by atoms with Gasteiger partial charge in [-0.05, 0) is 64.2 Å². The lowest BCUT2D eigenvalue weighted by Crippen LogP contribution is -2.55. The highest BCUT2D eigenvalue weighted by Crippen LogP contribution is 2.12. The Balaban J connectivity index is 4.48. The molecule has 0 aromatic heterocycles. The highest BCUT2D eigenvalue weighted by Gasteiger charge is 2.25. The lowest BCUT2D eigenvalue weighted by atomic mass is 10.1. The number of carboxylic acids is 1. The summed E-state index contributed by atoms with van der Waals surface area (Å²) in [5, 5.41) is 11.6. The summed E-state index contributed by atoms with van der Waals surface area (Å²) in [7, 11) is 5.38. The predicted octanol–water partition coefficient (Wildman–Crippen LogP) is 7.96. The number of likely N-dealkylation sites (N-methyl/N-ethyl adjacent to an activating group) is 1. The van der Waals surface area contributed by atoms with E-state index in [0.29, 0.717) is 12.8 Å². The molecule has 0 aromatic carbocycles. The second kappa shape index (κ2) is 31.6. The number of unbranched alkanes of at least 4 members (excludes halogenated alkanes) is 10. The SMILES string of the molecule is CC/C=C/C/C=C/C/C=C/CCCCCCC(=O)OCC(COCCC(C(=O)[O-])[N+](C)(C)C)OC(=O)CCCCCC/C=C/CCCC. The molecule has 0 saturated carbocycles. The highest BCUT2D eigenvalue weighted by atomic mass is 16.6. The molecule has 0 aliphatic heterocycles. The standard InChI is InChI=1S/C40H69NO7/c1-6-8-10-12-14-16-18-19-20-21-23-24-26-28-30-38(42)47-35-36(34-46-33-32-37(40(44)45)41(3,4)5)48-39(43)31-29-27-25-22-17-15-13-11-9-7-2/h8,10,13-16,19-20,36-37H,6-7,9,11-12,17-18,21-35H2,1-5H3/b10-8+,15-13+,16-14+,20-19+. The number of carboxylic acid groups (broad SMARTS) is 1. The maximum atomic E-state index is 12.6. The zero-order valence-corrected chi connectivity index (χ0v) is 31.1. The summed E-state index contributed by atoms with van der Waals surface area (Å²) >= 11 is 0. The maximum Gasteiger partial charge on any atom is 0.306 e. The number of hydrogen-bond donors (Lipinski definition) is 0. The maximum absolute atomic E-state index is 12.6. The molecule has 0 fully saturated rings. The fraction of sp³-hybridized carbons (Fsp3) is 0.725. The average molecular weight is 676 g/mol. The lowest BCUT2D eigenvalue weighted by Gasteiger charge is -2.34. The number of carbonyl (C=O) groups is 3. The van der Waals surface area contributed by atoms with Crippen LogP contribution in [0.5, 0.6) is 0 Å². The van der Waals surface area contributed by atoms with Crippen molar-refractivity contribution in [2.24, 2.45) is 0 Å². The Labute approximate surface area is 293 Å². The molecule has 0 N–H and O–H groups in total. The molecule has 0 spiro atoms. The number of rotatable bonds is 32. The summed E-state index contributed by atoms with van der Waals surface area (Å²) in [6.07, 6.45) is 34.2. The molecule has 8 nitrogen and oxygen atoms in total. The summed E-state index contributed by atoms with van der Waals surface area (Å²) in [5.41, 5.74) is 0. The molecule has 0 amide bonds. The molecule has 0 aromatic rings. The van der Waals surface area contributed by atoms with Gasteiger partial charge in [-0.15, -0.1) is 0 Å². The van der Waals surface area contributed by atoms with Gasteiger partial charge in [-0.25, -0.2) is 0 Å². The summed E-state index contributed by atoms with van der Waals surface area (Å²) < 4.78 is 17.0. The van der Waals surface area contributed by atoms with E-state index in [9.17, 15) is 19.5 Å². The molecular formula is C40H69NO7. The lowest BCUT2D eigenvalue weighted by molar-refractivity contribution is -0.889. The summed E-state index contributed by atoms with van der Waals surface area (Å²) in [6, 6.07) is -0.730. The number of carbonyl (C=O) groups excluding carboxylic acids is 3. The Morgan fingerprint density at radius 3 is 1.73 bits per heavy atom. The first kappa shape index (κ1) is 45.3. The Hall–Kier alpha value is -2.71. The summed E-state index contributed by atoms with van der Waals surface area (Å²) in [4.78, 5) is 36.6. The van der Waals surface area contributed by atoms with Gasteiger partial charge < -0.3 is 28.6 Å². The van der Waals surface area contributed by atoms with E-state index in [1.807, 2.05) is 0 Å². The molecule has 276 valence electrons. The Morgan fingerprint density at radius 1 is 0.646 bits per heavy atom. The van der Waals surface area contributed by atoms with Crippen LogP contribution in [-0.2, 0) is 28.6 Å². The normalized spacial score (nSPS) is 13.6. The van der Waals surface area contributed by atoms with Crippen LogP contribution in [0, 0.1) is 0 Å². The smallest absolute Gasteiger partial charge is 0.306 e. The van der Waals surface area contributed by atoms with Crippen LogP contribution in [0.3, 0.4) is 0 Å². The van der Waals surface area contributed by atoms with Crippen molar-refractivity contribution in [3.05, 3.63) is 48.6 Å². The van der Waals surface area contributed by atoms with Crippen LogP contribution < -0.4 is 5.11 Å². The number of quaternary nitrogens is 1. The summed E-state index contributed by atoms with van der Waals surface area (Å²) in [5.74, 6) is -1.79. The van der Waals surface area contributed by atoms with Crippen molar-refractivity contribution in [3.63, 3.8) is 0 Å². The van der Waals surface area contributed by atoms with Gasteiger partial charge in [0.2, 0.25) is 0 Å². The zero-order chi connectivity index (χ0) is 35.7. The molecule has 0 aliphatic rings. The Kier molecular flexibility index (Phi) is 29.8. The molecule has 0 rings (SSSR count). The van der Waals surface area contributed by atoms with Gasteiger partial charge in [-0.1, -0.05) is 101 Å². The fourth-order valence-electron chi connectivity index (χ4n) is 5.00. The van der Waals surface area contributed by atoms with Crippen LogP contribution in [0.25, 0.3) is 0 Å². The first-order chi connectivity index (χ1) is 23.1. The van der Waals surface area contributed by atoms with Crippen LogP contribution in [0.15, 0.2) is 48.6 Å². The molecule has 0 bridgehead atoms. The topological polar surface area (TPSA) is 102 Å². The number of allylic oxidation sites excluding steroid dienone is 8. The van der Waals surface area contributed by atoms with Crippen molar-refractivity contribution in [1.29, 1.82) is 0 Å². The molecule has 8 heteroatoms. The molecule has 48 heavy (non-hydrogen) atoms. The van der Waals surface area contributed by atoms with E-state index in [1.165, 1.54) is 12.8 Å². The van der Waals surface area contributed by atoms with Crippen molar-refractivity contribution < 1.29 is 38.2 Å². The highest BCUT2D eigenvalue weighted by molar-refractivity contribution is 5.70. The molecule has 2 atom stereocenters. The van der Waals surface area contributed by atoms with Crippen molar-refractivity contribution in [2.45, 2.75) is 148 Å². The van der Waals surface area contributed by atoms with E-state index in [-0.39, 0.29) is 42.7 Å². The van der Waals surface area contributed by atoms with E-state index in [2.05, 4.69) is 62.5 Å². The van der Waals surface area contributed by atoms with Gasteiger partial charge in [0.25, 0.3) is 0 Å². The van der Waals surface area contributed by atoms with E-state index in [4.69, 9.17) is 14.2 Å². The van der Waals surface area contributed by atoms with Gasteiger partial charge in [0.15, 0.2) is 6.10 Å². The zero-order valence-electron chi connectivity index (χ0n) is 31.1. The van der Waals surface area contributed by atoms with Gasteiger partial charge >= 0.3 is 11.9 Å². The predicted molar refractivity (Wildman–Crippen MR) is 194 cm³/mol. The van der Waals surface area contributed by atoms with E-state index < -0.39 is 18.1 Å². The van der Waals surface area contributed by atoms with E-state index in [0.717, 1.165) is 89.9 Å². The second-order valence-corrected chi connectivity index (χ2v) is 13.4. The van der Waals surface area contributed by atoms with Crippen LogP contribution >= 0.6 is 0 Å². The molecule has 0 saturated heterocycles. The van der Waals surface area contributed by atoms with Gasteiger partial charge in [-0.3, -0.25) is 9.59 Å². The van der Waals surface area contributed by atoms with Crippen LogP contribution in [-0.4, -0.2) is 75.5 Å². The minimum atomic E-state index is -1.13. The van der Waals surface area contributed by atoms with Gasteiger partial charge in [0, 0.05) is 19.3 Å². The van der Waals surface area contributed by atoms with Crippen LogP contribution in [0.4, 0.5) is 0 Å². The monoisotopic (exact) mass is 676 g/mol. The van der Waals surface area contributed by atoms with Gasteiger partial charge in [0.05, 0.1) is 40.3 Å². The van der Waals surface area contributed by atoms with Gasteiger partial charge in [0.1, 0.15) is 12.6 Å². The number of aliphatic carboxylic acids is 1. The largest absolute Gasteiger partial charge is 0.544 e. The number of hydrogen-bond acceptors (Lipinski definition) is 7. The fourth-order valence-corrected chi connectivity index (χ4v) is 5.00. The summed E-state index contributed by atoms with van der Waals surface area (Å²) in [6.45, 7) is 4.44. The van der Waals surface area contributed by atoms with Crippen molar-refractivity contribution in [2.75, 3.05) is 41.0 Å². The second-order valence-electron chi connectivity index (χ2n) is 13.4. The molecule has 2 unspecified atom stereocenters. The van der Waals surface area contributed by atoms with Crippen LogP contribution in [0.1, 0.15) is 136 Å². The number of ether oxygens (including phenoxy) is 3. The first-order valence-electron chi connectivity index (χ1n) is 18.7. The van der Waals surface area contributed by atoms with Crippen molar-refractivity contribution in [3.8, 4) is 0 Å². The van der Waals surface area contributed by atoms with Gasteiger partial charge in [-0.2, -0.15) is 0 Å².